The van der Waals surface area contributed by atoms with E-state index in [1.807, 2.05) is 13.8 Å². The first-order valence-corrected chi connectivity index (χ1v) is 3.79. The van der Waals surface area contributed by atoms with Gasteiger partial charge in [-0.15, -0.1) is 0 Å². The van der Waals surface area contributed by atoms with Crippen molar-refractivity contribution in [3.05, 3.63) is 24.0 Å². The van der Waals surface area contributed by atoms with Crippen molar-refractivity contribution in [3.63, 3.8) is 0 Å². The number of aromatic amines is 2. The Kier molecular flexibility index (Phi) is 1.46. The number of aromatic nitrogens is 4. The smallest absolute Gasteiger partial charge is 0.103 e. The summed E-state index contributed by atoms with van der Waals surface area (Å²) in [6.07, 6.45) is 3.59. The van der Waals surface area contributed by atoms with E-state index in [9.17, 15) is 0 Å². The summed E-state index contributed by atoms with van der Waals surface area (Å²) in [5.41, 5.74) is 1.96. The van der Waals surface area contributed by atoms with Crippen molar-refractivity contribution in [2.24, 2.45) is 0 Å². The second-order valence-corrected chi connectivity index (χ2v) is 2.76. The number of nitrogens with zero attached hydrogens (tertiary/aromatic N) is 2. The highest BCUT2D eigenvalue weighted by Gasteiger charge is 2.02. The van der Waals surface area contributed by atoms with Crippen LogP contribution in [0.25, 0.3) is 11.4 Å². The van der Waals surface area contributed by atoms with E-state index in [1.54, 1.807) is 12.4 Å². The molecule has 0 atom stereocenters. The van der Waals surface area contributed by atoms with Crippen molar-refractivity contribution in [2.45, 2.75) is 13.8 Å². The van der Waals surface area contributed by atoms with Crippen LogP contribution in [0.3, 0.4) is 0 Å². The Hall–Kier alpha value is -1.58. The van der Waals surface area contributed by atoms with Crippen LogP contribution in [0.4, 0.5) is 0 Å². The number of nitrogens with one attached hydrogen (secondary N) is 2. The van der Waals surface area contributed by atoms with Crippen LogP contribution in [0.15, 0.2) is 12.4 Å². The lowest BCUT2D eigenvalue weighted by Gasteiger charge is -1.88. The first kappa shape index (κ1) is 7.09. The highest BCUT2D eigenvalue weighted by atomic mass is 15.0. The molecular weight excluding hydrogens is 152 g/mol. The topological polar surface area (TPSA) is 57.4 Å². The van der Waals surface area contributed by atoms with Crippen LogP contribution in [-0.4, -0.2) is 19.9 Å². The van der Waals surface area contributed by atoms with E-state index in [0.717, 1.165) is 23.0 Å². The van der Waals surface area contributed by atoms with Crippen molar-refractivity contribution in [3.8, 4) is 11.4 Å². The Morgan fingerprint density at radius 3 is 1.58 bits per heavy atom. The molecule has 0 saturated carbocycles. The zero-order chi connectivity index (χ0) is 8.55. The van der Waals surface area contributed by atoms with Gasteiger partial charge in [-0.1, -0.05) is 0 Å². The molecule has 4 nitrogen and oxygen atoms in total. The van der Waals surface area contributed by atoms with E-state index < -0.39 is 0 Å². The minimum Gasteiger partial charge on any atom is -0.341 e. The van der Waals surface area contributed by atoms with E-state index in [0.29, 0.717) is 0 Å². The van der Waals surface area contributed by atoms with Gasteiger partial charge in [0, 0.05) is 0 Å². The molecule has 12 heavy (non-hydrogen) atoms. The molecule has 0 aromatic carbocycles. The van der Waals surface area contributed by atoms with Gasteiger partial charge in [-0.3, -0.25) is 0 Å². The average molecular weight is 162 g/mol. The number of hydrogen-bond donors (Lipinski definition) is 2. The third kappa shape index (κ3) is 1.11. The molecular formula is C8H10N4. The van der Waals surface area contributed by atoms with E-state index >= 15 is 0 Å². The Morgan fingerprint density at radius 2 is 1.33 bits per heavy atom. The van der Waals surface area contributed by atoms with Gasteiger partial charge in [0.15, 0.2) is 0 Å². The Morgan fingerprint density at radius 1 is 0.917 bits per heavy atom. The van der Waals surface area contributed by atoms with Crippen LogP contribution in [0.5, 0.6) is 0 Å². The van der Waals surface area contributed by atoms with Gasteiger partial charge in [0.1, 0.15) is 11.6 Å². The molecule has 62 valence electrons. The second-order valence-electron chi connectivity index (χ2n) is 2.76. The summed E-state index contributed by atoms with van der Waals surface area (Å²) in [4.78, 5) is 14.4. The summed E-state index contributed by atoms with van der Waals surface area (Å²) in [7, 11) is 0. The van der Waals surface area contributed by atoms with Crippen molar-refractivity contribution < 1.29 is 0 Å². The first-order chi connectivity index (χ1) is 5.75. The lowest BCUT2D eigenvalue weighted by atomic mass is 10.4. The predicted octanol–water partition coefficient (Wildman–Crippen LogP) is 1.42. The summed E-state index contributed by atoms with van der Waals surface area (Å²) in [5, 5.41) is 0. The van der Waals surface area contributed by atoms with Gasteiger partial charge in [0.05, 0.1) is 23.8 Å². The highest BCUT2D eigenvalue weighted by molar-refractivity contribution is 5.51. The molecule has 0 unspecified atom stereocenters. The number of hydrogen-bond acceptors (Lipinski definition) is 2. The van der Waals surface area contributed by atoms with Crippen molar-refractivity contribution in [1.82, 2.24) is 19.9 Å². The summed E-state index contributed by atoms with van der Waals surface area (Å²) >= 11 is 0. The molecule has 0 bridgehead atoms. The second kappa shape index (κ2) is 2.48. The fourth-order valence-electron chi connectivity index (χ4n) is 1.12. The van der Waals surface area contributed by atoms with Gasteiger partial charge in [-0.05, 0) is 13.8 Å². The first-order valence-electron chi connectivity index (χ1n) is 3.79. The molecule has 0 radical (unpaired) electrons. The number of H-pyrrole nitrogens is 2. The zero-order valence-electron chi connectivity index (χ0n) is 7.05. The maximum absolute atomic E-state index is 4.10. The van der Waals surface area contributed by atoms with Gasteiger partial charge >= 0.3 is 0 Å². The number of imidazole rings is 2. The molecule has 2 N–H and O–H groups in total. The normalized spacial score (nSPS) is 10.5. The maximum atomic E-state index is 4.10. The SMILES string of the molecule is Cc1ncc(-c2cnc(C)[nH]2)[nH]1. The van der Waals surface area contributed by atoms with Crippen LogP contribution in [0.1, 0.15) is 11.6 Å². The van der Waals surface area contributed by atoms with Crippen LogP contribution in [-0.2, 0) is 0 Å². The number of rotatable bonds is 1. The third-order valence-electron chi connectivity index (χ3n) is 1.70. The fraction of sp³-hybridized carbons (Fsp3) is 0.250. The quantitative estimate of drug-likeness (QED) is 0.666. The van der Waals surface area contributed by atoms with E-state index in [-0.39, 0.29) is 0 Å². The van der Waals surface area contributed by atoms with E-state index in [4.69, 9.17) is 0 Å². The predicted molar refractivity (Wildman–Crippen MR) is 45.6 cm³/mol. The van der Waals surface area contributed by atoms with Crippen LogP contribution < -0.4 is 0 Å². The molecule has 2 aromatic rings. The summed E-state index contributed by atoms with van der Waals surface area (Å²) in [6.45, 7) is 3.85. The van der Waals surface area contributed by atoms with Gasteiger partial charge in [-0.25, -0.2) is 9.97 Å². The van der Waals surface area contributed by atoms with Crippen LogP contribution in [0, 0.1) is 13.8 Å². The Balaban J connectivity index is 2.43. The highest BCUT2D eigenvalue weighted by Crippen LogP contribution is 2.13. The molecule has 0 spiro atoms. The van der Waals surface area contributed by atoms with Crippen molar-refractivity contribution in [1.29, 1.82) is 0 Å². The van der Waals surface area contributed by atoms with Crippen molar-refractivity contribution >= 4 is 0 Å². The van der Waals surface area contributed by atoms with E-state index in [1.165, 1.54) is 0 Å². The third-order valence-corrected chi connectivity index (χ3v) is 1.70. The monoisotopic (exact) mass is 162 g/mol. The molecule has 0 aliphatic carbocycles. The fourth-order valence-corrected chi connectivity index (χ4v) is 1.12. The molecule has 4 heteroatoms. The van der Waals surface area contributed by atoms with Crippen molar-refractivity contribution in [2.75, 3.05) is 0 Å². The molecule has 0 aliphatic rings. The summed E-state index contributed by atoms with van der Waals surface area (Å²) < 4.78 is 0. The molecule has 0 saturated heterocycles. The van der Waals surface area contributed by atoms with Gasteiger partial charge < -0.3 is 9.97 Å². The molecule has 0 aliphatic heterocycles. The van der Waals surface area contributed by atoms with Crippen LogP contribution >= 0.6 is 0 Å². The van der Waals surface area contributed by atoms with Gasteiger partial charge in [-0.2, -0.15) is 0 Å². The largest absolute Gasteiger partial charge is 0.341 e. The molecule has 2 rings (SSSR count). The minimum atomic E-state index is 0.914. The molecule has 0 amide bonds. The lowest BCUT2D eigenvalue weighted by Crippen LogP contribution is -1.77. The Labute approximate surface area is 70.1 Å². The van der Waals surface area contributed by atoms with E-state index in [2.05, 4.69) is 19.9 Å². The number of aryl methyl sites for hydroxylation is 2. The minimum absolute atomic E-state index is 0.914. The average Bonchev–Trinajstić information content (AvgIpc) is 2.58. The van der Waals surface area contributed by atoms with Crippen LogP contribution in [0.2, 0.25) is 0 Å². The molecule has 0 fully saturated rings. The molecule has 2 heterocycles. The Bertz CT molecular complexity index is 347. The zero-order valence-corrected chi connectivity index (χ0v) is 7.05. The van der Waals surface area contributed by atoms with Gasteiger partial charge in [0.2, 0.25) is 0 Å². The van der Waals surface area contributed by atoms with Gasteiger partial charge in [0.25, 0.3) is 0 Å². The summed E-state index contributed by atoms with van der Waals surface area (Å²) in [6, 6.07) is 0. The standard InChI is InChI=1S/C8H10N4/c1-5-9-3-7(11-5)8-4-10-6(2)12-8/h3-4H,1-2H3,(H,9,11)(H,10,12). The maximum Gasteiger partial charge on any atom is 0.103 e. The molecule has 2 aromatic heterocycles. The summed E-state index contributed by atoms with van der Waals surface area (Å²) in [5.74, 6) is 1.83. The lowest BCUT2D eigenvalue weighted by molar-refractivity contribution is 1.14.